The molecular formula is C14H17NO. The number of carbonyl (C=O) groups excluding carboxylic acids is 1. The van der Waals surface area contributed by atoms with Crippen molar-refractivity contribution in [3.8, 4) is 0 Å². The quantitative estimate of drug-likeness (QED) is 0.753. The second-order valence-electron chi connectivity index (χ2n) is 5.15. The molecule has 1 aromatic rings. The summed E-state index contributed by atoms with van der Waals surface area (Å²) in [6.07, 6.45) is 1.97. The Bertz CT molecular complexity index is 387. The van der Waals surface area contributed by atoms with Crippen molar-refractivity contribution in [3.63, 3.8) is 0 Å². The van der Waals surface area contributed by atoms with E-state index < -0.39 is 0 Å². The number of fused-ring (bicyclic) bond motifs is 2. The largest absolute Gasteiger partial charge is 0.299 e. The first kappa shape index (κ1) is 10.0. The molecule has 1 saturated heterocycles. The van der Waals surface area contributed by atoms with E-state index in [9.17, 15) is 4.79 Å². The average molecular weight is 215 g/mol. The highest BCUT2D eigenvalue weighted by Gasteiger charge is 2.38. The number of carbonyl (C=O) groups is 1. The summed E-state index contributed by atoms with van der Waals surface area (Å²) in [5.74, 6) is 1.47. The Balaban J connectivity index is 1.67. The van der Waals surface area contributed by atoms with Crippen LogP contribution in [-0.2, 0) is 11.3 Å². The van der Waals surface area contributed by atoms with Crippen molar-refractivity contribution < 1.29 is 4.79 Å². The molecule has 0 N–H and O–H groups in total. The summed E-state index contributed by atoms with van der Waals surface area (Å²) in [5, 5.41) is 0. The van der Waals surface area contributed by atoms with Crippen LogP contribution in [0.2, 0.25) is 0 Å². The monoisotopic (exact) mass is 215 g/mol. The highest BCUT2D eigenvalue weighted by molar-refractivity contribution is 5.83. The minimum absolute atomic E-state index is 0.336. The molecule has 2 aliphatic rings. The van der Waals surface area contributed by atoms with Crippen molar-refractivity contribution in [2.75, 3.05) is 13.1 Å². The molecule has 2 unspecified atom stereocenters. The van der Waals surface area contributed by atoms with Crippen LogP contribution >= 0.6 is 0 Å². The molecule has 1 saturated carbocycles. The number of hydrogen-bond donors (Lipinski definition) is 0. The summed E-state index contributed by atoms with van der Waals surface area (Å²) in [4.78, 5) is 14.1. The first-order chi connectivity index (χ1) is 7.81. The van der Waals surface area contributed by atoms with Gasteiger partial charge in [-0.1, -0.05) is 30.3 Å². The lowest BCUT2D eigenvalue weighted by atomic mass is 9.98. The SMILES string of the molecule is O=C1CC2CC1CN(Cc1ccccc1)C2. The zero-order chi connectivity index (χ0) is 11.0. The van der Waals surface area contributed by atoms with Crippen LogP contribution in [-0.4, -0.2) is 23.8 Å². The summed E-state index contributed by atoms with van der Waals surface area (Å²) in [6, 6.07) is 10.5. The number of likely N-dealkylation sites (tertiary alicyclic amines) is 1. The Hall–Kier alpha value is -1.15. The van der Waals surface area contributed by atoms with Gasteiger partial charge in [-0.05, 0) is 17.9 Å². The Morgan fingerprint density at radius 1 is 1.19 bits per heavy atom. The van der Waals surface area contributed by atoms with E-state index in [4.69, 9.17) is 0 Å². The van der Waals surface area contributed by atoms with Gasteiger partial charge in [0.1, 0.15) is 5.78 Å². The number of nitrogens with zero attached hydrogens (tertiary/aromatic N) is 1. The van der Waals surface area contributed by atoms with E-state index in [0.29, 0.717) is 17.6 Å². The Morgan fingerprint density at radius 2 is 2.00 bits per heavy atom. The maximum atomic E-state index is 11.6. The summed E-state index contributed by atoms with van der Waals surface area (Å²) >= 11 is 0. The van der Waals surface area contributed by atoms with E-state index in [1.165, 1.54) is 5.56 Å². The van der Waals surface area contributed by atoms with Crippen molar-refractivity contribution >= 4 is 5.78 Å². The zero-order valence-electron chi connectivity index (χ0n) is 9.43. The molecule has 2 atom stereocenters. The third-order valence-electron chi connectivity index (χ3n) is 3.81. The molecule has 0 amide bonds. The van der Waals surface area contributed by atoms with Crippen LogP contribution in [0.4, 0.5) is 0 Å². The Labute approximate surface area is 96.3 Å². The van der Waals surface area contributed by atoms with E-state index in [1.807, 2.05) is 6.07 Å². The van der Waals surface area contributed by atoms with Crippen LogP contribution in [0.25, 0.3) is 0 Å². The number of benzene rings is 1. The van der Waals surface area contributed by atoms with Gasteiger partial charge in [0, 0.05) is 32.0 Å². The number of ketones is 1. The van der Waals surface area contributed by atoms with Crippen LogP contribution in [0.3, 0.4) is 0 Å². The van der Waals surface area contributed by atoms with Gasteiger partial charge in [-0.15, -0.1) is 0 Å². The van der Waals surface area contributed by atoms with Gasteiger partial charge in [-0.2, -0.15) is 0 Å². The van der Waals surface area contributed by atoms with Gasteiger partial charge >= 0.3 is 0 Å². The minimum Gasteiger partial charge on any atom is -0.299 e. The van der Waals surface area contributed by atoms with E-state index in [-0.39, 0.29) is 0 Å². The van der Waals surface area contributed by atoms with Gasteiger partial charge < -0.3 is 0 Å². The topological polar surface area (TPSA) is 20.3 Å². The fourth-order valence-electron chi connectivity index (χ4n) is 3.11. The zero-order valence-corrected chi connectivity index (χ0v) is 9.43. The molecule has 0 aromatic heterocycles. The summed E-state index contributed by atoms with van der Waals surface area (Å²) in [5.41, 5.74) is 1.36. The van der Waals surface area contributed by atoms with Crippen LogP contribution in [0, 0.1) is 11.8 Å². The molecule has 2 fully saturated rings. The van der Waals surface area contributed by atoms with Gasteiger partial charge in [0.05, 0.1) is 0 Å². The molecule has 2 bridgehead atoms. The second kappa shape index (κ2) is 4.02. The maximum Gasteiger partial charge on any atom is 0.137 e. The van der Waals surface area contributed by atoms with Crippen molar-refractivity contribution in [1.29, 1.82) is 0 Å². The second-order valence-corrected chi connectivity index (χ2v) is 5.15. The molecule has 1 aliphatic carbocycles. The van der Waals surface area contributed by atoms with Gasteiger partial charge in [-0.25, -0.2) is 0 Å². The van der Waals surface area contributed by atoms with Crippen molar-refractivity contribution in [1.82, 2.24) is 4.90 Å². The van der Waals surface area contributed by atoms with Crippen LogP contribution in [0.1, 0.15) is 18.4 Å². The van der Waals surface area contributed by atoms with Crippen molar-refractivity contribution in [2.45, 2.75) is 19.4 Å². The molecule has 1 aromatic carbocycles. The molecule has 1 aliphatic heterocycles. The first-order valence-corrected chi connectivity index (χ1v) is 6.10. The summed E-state index contributed by atoms with van der Waals surface area (Å²) in [6.45, 7) is 3.09. The lowest BCUT2D eigenvalue weighted by Crippen LogP contribution is -2.36. The van der Waals surface area contributed by atoms with E-state index in [2.05, 4.69) is 29.2 Å². The third kappa shape index (κ3) is 1.90. The first-order valence-electron chi connectivity index (χ1n) is 6.10. The normalized spacial score (nSPS) is 29.6. The molecular weight excluding hydrogens is 198 g/mol. The number of piperidine rings is 1. The molecule has 1 heterocycles. The van der Waals surface area contributed by atoms with Gasteiger partial charge in [-0.3, -0.25) is 9.69 Å². The van der Waals surface area contributed by atoms with Crippen LogP contribution < -0.4 is 0 Å². The molecule has 16 heavy (non-hydrogen) atoms. The van der Waals surface area contributed by atoms with E-state index >= 15 is 0 Å². The van der Waals surface area contributed by atoms with Crippen molar-refractivity contribution in [3.05, 3.63) is 35.9 Å². The molecule has 2 heteroatoms. The summed E-state index contributed by atoms with van der Waals surface area (Å²) in [7, 11) is 0. The van der Waals surface area contributed by atoms with Gasteiger partial charge in [0.25, 0.3) is 0 Å². The van der Waals surface area contributed by atoms with E-state index in [1.54, 1.807) is 0 Å². The fraction of sp³-hybridized carbons (Fsp3) is 0.500. The van der Waals surface area contributed by atoms with E-state index in [0.717, 1.165) is 32.5 Å². The lowest BCUT2D eigenvalue weighted by molar-refractivity contribution is -0.120. The lowest BCUT2D eigenvalue weighted by Gasteiger charge is -2.30. The minimum atomic E-state index is 0.336. The standard InChI is InChI=1S/C14H17NO/c16-14-7-12-6-13(14)10-15(9-12)8-11-4-2-1-3-5-11/h1-5,12-13H,6-10H2. The number of Topliss-reactive ketones (excluding diaryl/α,β-unsaturated/α-hetero) is 1. The maximum absolute atomic E-state index is 11.6. The third-order valence-corrected chi connectivity index (χ3v) is 3.81. The number of rotatable bonds is 2. The fourth-order valence-corrected chi connectivity index (χ4v) is 3.11. The molecule has 0 radical (unpaired) electrons. The molecule has 0 spiro atoms. The Kier molecular flexibility index (Phi) is 2.52. The highest BCUT2D eigenvalue weighted by Crippen LogP contribution is 2.34. The van der Waals surface area contributed by atoms with Gasteiger partial charge in [0.15, 0.2) is 0 Å². The van der Waals surface area contributed by atoms with Crippen LogP contribution in [0.5, 0.6) is 0 Å². The Morgan fingerprint density at radius 3 is 2.75 bits per heavy atom. The predicted octanol–water partition coefficient (Wildman–Crippen LogP) is 2.10. The predicted molar refractivity (Wildman–Crippen MR) is 62.9 cm³/mol. The van der Waals surface area contributed by atoms with Crippen LogP contribution in [0.15, 0.2) is 30.3 Å². The average Bonchev–Trinajstić information content (AvgIpc) is 2.54. The molecule has 2 nitrogen and oxygen atoms in total. The summed E-state index contributed by atoms with van der Waals surface area (Å²) < 4.78 is 0. The molecule has 3 rings (SSSR count). The van der Waals surface area contributed by atoms with Gasteiger partial charge in [0.2, 0.25) is 0 Å². The van der Waals surface area contributed by atoms with Crippen molar-refractivity contribution in [2.24, 2.45) is 11.8 Å². The highest BCUT2D eigenvalue weighted by atomic mass is 16.1. The smallest absolute Gasteiger partial charge is 0.137 e. The number of hydrogen-bond acceptors (Lipinski definition) is 2. The molecule has 84 valence electrons.